The van der Waals surface area contributed by atoms with E-state index in [9.17, 15) is 14.8 Å². The van der Waals surface area contributed by atoms with Crippen molar-refractivity contribution in [1.29, 1.82) is 0 Å². The summed E-state index contributed by atoms with van der Waals surface area (Å²) in [4.78, 5) is 37.1. The number of benzene rings is 1. The zero-order valence-electron chi connectivity index (χ0n) is 25.3. The van der Waals surface area contributed by atoms with Gasteiger partial charge in [-0.25, -0.2) is 9.78 Å². The predicted molar refractivity (Wildman–Crippen MR) is 167 cm³/mol. The van der Waals surface area contributed by atoms with Gasteiger partial charge in [-0.1, -0.05) is 23.2 Å². The SMILES string of the molecule is CCNc1ncc2cc(-c3c(Cl)c(OC)cc(OC)c3Cl)c(=O)n(CCC[N+]3([O-])CCN(C(=O)OC(C)(C)C)CC3)c2n1. The zero-order valence-corrected chi connectivity index (χ0v) is 26.8. The number of aromatic nitrogens is 3. The number of hydrogen-bond donors (Lipinski definition) is 1. The number of aryl methyl sites for hydroxylation is 1. The third-order valence-corrected chi connectivity index (χ3v) is 7.91. The van der Waals surface area contributed by atoms with E-state index in [0.717, 1.165) is 0 Å². The van der Waals surface area contributed by atoms with Gasteiger partial charge in [-0.15, -0.1) is 0 Å². The Morgan fingerprint density at radius 1 is 1.12 bits per heavy atom. The second kappa shape index (κ2) is 13.1. The van der Waals surface area contributed by atoms with Gasteiger partial charge in [0.2, 0.25) is 5.95 Å². The lowest BCUT2D eigenvalue weighted by atomic mass is 10.0. The summed E-state index contributed by atoms with van der Waals surface area (Å²) >= 11 is 13.4. The Bertz CT molecular complexity index is 1520. The number of hydrogen-bond acceptors (Lipinski definition) is 9. The molecule has 3 heterocycles. The third-order valence-electron chi connectivity index (χ3n) is 7.16. The molecule has 0 saturated carbocycles. The number of carbonyl (C=O) groups is 1. The molecule has 43 heavy (non-hydrogen) atoms. The fourth-order valence-corrected chi connectivity index (χ4v) is 5.69. The molecule has 1 fully saturated rings. The Balaban J connectivity index is 1.66. The van der Waals surface area contributed by atoms with Gasteiger partial charge in [0.25, 0.3) is 5.56 Å². The molecule has 0 bridgehead atoms. The van der Waals surface area contributed by atoms with Crippen LogP contribution in [0.4, 0.5) is 10.7 Å². The van der Waals surface area contributed by atoms with Crippen LogP contribution in [0.5, 0.6) is 11.5 Å². The van der Waals surface area contributed by atoms with Crippen molar-refractivity contribution in [2.24, 2.45) is 0 Å². The molecule has 1 aliphatic heterocycles. The molecule has 1 amide bonds. The van der Waals surface area contributed by atoms with E-state index in [0.29, 0.717) is 54.5 Å². The second-order valence-corrected chi connectivity index (χ2v) is 12.1. The normalized spacial score (nSPS) is 15.0. The smallest absolute Gasteiger partial charge is 0.410 e. The van der Waals surface area contributed by atoms with Gasteiger partial charge in [0.15, 0.2) is 0 Å². The van der Waals surface area contributed by atoms with Crippen molar-refractivity contribution < 1.29 is 23.7 Å². The number of halogens is 2. The number of nitrogens with zero attached hydrogens (tertiary/aromatic N) is 5. The van der Waals surface area contributed by atoms with E-state index in [-0.39, 0.29) is 52.9 Å². The minimum atomic E-state index is -0.608. The van der Waals surface area contributed by atoms with Crippen molar-refractivity contribution in [2.75, 3.05) is 58.8 Å². The van der Waals surface area contributed by atoms with Crippen LogP contribution in [-0.4, -0.2) is 89.3 Å². The lowest BCUT2D eigenvalue weighted by Gasteiger charge is -2.48. The average Bonchev–Trinajstić information content (AvgIpc) is 2.94. The van der Waals surface area contributed by atoms with Crippen LogP contribution in [-0.2, 0) is 11.3 Å². The summed E-state index contributed by atoms with van der Waals surface area (Å²) in [6, 6.07) is 3.20. The fraction of sp³-hybridized carbons (Fsp3) is 0.517. The predicted octanol–water partition coefficient (Wildman–Crippen LogP) is 5.17. The number of nitrogens with one attached hydrogen (secondary N) is 1. The van der Waals surface area contributed by atoms with E-state index in [1.165, 1.54) is 18.8 Å². The fourth-order valence-electron chi connectivity index (χ4n) is 4.99. The summed E-state index contributed by atoms with van der Waals surface area (Å²) in [5, 5.41) is 17.5. The number of rotatable bonds is 9. The summed E-state index contributed by atoms with van der Waals surface area (Å²) in [5.74, 6) is 0.970. The number of quaternary nitrogens is 1. The topological polar surface area (TPSA) is 131 Å². The minimum absolute atomic E-state index is 0.161. The van der Waals surface area contributed by atoms with Crippen molar-refractivity contribution in [2.45, 2.75) is 46.3 Å². The van der Waals surface area contributed by atoms with Crippen molar-refractivity contribution >= 4 is 46.3 Å². The molecule has 1 aliphatic rings. The molecule has 1 saturated heterocycles. The van der Waals surface area contributed by atoms with Crippen molar-refractivity contribution in [1.82, 2.24) is 19.4 Å². The molecular weight excluding hydrogens is 599 g/mol. The van der Waals surface area contributed by atoms with Gasteiger partial charge in [0.05, 0.1) is 62.6 Å². The Kier molecular flexibility index (Phi) is 9.95. The number of carbonyl (C=O) groups excluding carboxylic acids is 1. The number of amides is 1. The standard InChI is InChI=1S/C29H38Cl2N6O6/c1-7-32-27-33-17-18-15-19(22-23(30)20(41-5)16-21(42-6)24(22)31)26(38)36(25(18)34-27)9-8-12-37(40)13-10-35(11-14-37)28(39)43-29(2,3)4/h15-17H,7-14H2,1-6H3,(H,32,33,34). The third kappa shape index (κ3) is 7.26. The molecule has 234 valence electrons. The Morgan fingerprint density at radius 3 is 2.30 bits per heavy atom. The van der Waals surface area contributed by atoms with E-state index in [4.69, 9.17) is 37.4 Å². The Hall–Kier alpha value is -3.32. The summed E-state index contributed by atoms with van der Waals surface area (Å²) in [6.07, 6.45) is 1.59. The van der Waals surface area contributed by atoms with Crippen LogP contribution in [0.1, 0.15) is 34.1 Å². The largest absolute Gasteiger partial charge is 0.633 e. The molecule has 14 heteroatoms. The van der Waals surface area contributed by atoms with Crippen LogP contribution < -0.4 is 20.3 Å². The number of methoxy groups -OCH3 is 2. The number of ether oxygens (including phenoxy) is 3. The van der Waals surface area contributed by atoms with E-state index in [1.807, 2.05) is 27.7 Å². The second-order valence-electron chi connectivity index (χ2n) is 11.4. The van der Waals surface area contributed by atoms with Crippen molar-refractivity contribution in [3.05, 3.63) is 43.9 Å². The molecule has 12 nitrogen and oxygen atoms in total. The highest BCUT2D eigenvalue weighted by atomic mass is 35.5. The highest BCUT2D eigenvalue weighted by Gasteiger charge is 2.31. The van der Waals surface area contributed by atoms with Gasteiger partial charge in [-0.3, -0.25) is 14.3 Å². The highest BCUT2D eigenvalue weighted by molar-refractivity contribution is 6.41. The lowest BCUT2D eigenvalue weighted by Crippen LogP contribution is -2.58. The van der Waals surface area contributed by atoms with Gasteiger partial charge >= 0.3 is 6.09 Å². The van der Waals surface area contributed by atoms with Crippen molar-refractivity contribution in [3.8, 4) is 22.6 Å². The summed E-state index contributed by atoms with van der Waals surface area (Å²) in [7, 11) is 2.92. The van der Waals surface area contributed by atoms with E-state index >= 15 is 0 Å². The first-order chi connectivity index (χ1) is 20.3. The van der Waals surface area contributed by atoms with Gasteiger partial charge in [-0.05, 0) is 33.8 Å². The van der Waals surface area contributed by atoms with Gasteiger partial charge < -0.3 is 29.4 Å². The summed E-state index contributed by atoms with van der Waals surface area (Å²) in [5.41, 5.74) is -0.102. The first-order valence-corrected chi connectivity index (χ1v) is 14.9. The van der Waals surface area contributed by atoms with Gasteiger partial charge in [0.1, 0.15) is 22.7 Å². The molecule has 1 aromatic carbocycles. The maximum absolute atomic E-state index is 14.1. The quantitative estimate of drug-likeness (QED) is 0.249. The van der Waals surface area contributed by atoms with Crippen LogP contribution in [0.25, 0.3) is 22.2 Å². The molecule has 0 radical (unpaired) electrons. The molecule has 4 rings (SSSR count). The van der Waals surface area contributed by atoms with Crippen LogP contribution in [0.3, 0.4) is 0 Å². The van der Waals surface area contributed by atoms with Crippen LogP contribution >= 0.6 is 23.2 Å². The van der Waals surface area contributed by atoms with Crippen LogP contribution in [0.2, 0.25) is 10.0 Å². The average molecular weight is 638 g/mol. The molecule has 0 atom stereocenters. The van der Waals surface area contributed by atoms with E-state index < -0.39 is 16.3 Å². The monoisotopic (exact) mass is 636 g/mol. The molecule has 2 aromatic heterocycles. The molecular formula is C29H38Cl2N6O6. The van der Waals surface area contributed by atoms with E-state index in [2.05, 4.69) is 15.3 Å². The summed E-state index contributed by atoms with van der Waals surface area (Å²) < 4.78 is 17.3. The maximum Gasteiger partial charge on any atom is 0.410 e. The number of hydroxylamine groups is 3. The molecule has 1 N–H and O–H groups in total. The zero-order chi connectivity index (χ0) is 31.5. The highest BCUT2D eigenvalue weighted by Crippen LogP contribution is 2.45. The first kappa shape index (κ1) is 32.6. The number of anilines is 1. The van der Waals surface area contributed by atoms with Gasteiger partial charge in [0, 0.05) is 42.7 Å². The van der Waals surface area contributed by atoms with Crippen LogP contribution in [0, 0.1) is 5.21 Å². The molecule has 0 unspecified atom stereocenters. The summed E-state index contributed by atoms with van der Waals surface area (Å²) in [6.45, 7) is 9.46. The number of pyridine rings is 1. The lowest BCUT2D eigenvalue weighted by molar-refractivity contribution is -0.884. The minimum Gasteiger partial charge on any atom is -0.633 e. The molecule has 0 aliphatic carbocycles. The molecule has 0 spiro atoms. The van der Waals surface area contributed by atoms with Gasteiger partial charge in [-0.2, -0.15) is 4.98 Å². The number of fused-ring (bicyclic) bond motifs is 1. The van der Waals surface area contributed by atoms with Crippen molar-refractivity contribution in [3.63, 3.8) is 0 Å². The van der Waals surface area contributed by atoms with E-state index in [1.54, 1.807) is 23.2 Å². The van der Waals surface area contributed by atoms with Crippen LogP contribution in [0.15, 0.2) is 23.1 Å². The number of piperazine rings is 1. The first-order valence-electron chi connectivity index (χ1n) is 14.1. The maximum atomic E-state index is 14.1. The molecule has 3 aromatic rings. The Labute approximate surface area is 260 Å². The Morgan fingerprint density at radius 2 is 1.74 bits per heavy atom.